The van der Waals surface area contributed by atoms with Crippen LogP contribution in [0.15, 0.2) is 0 Å². The van der Waals surface area contributed by atoms with Crippen LogP contribution in [0.1, 0.15) is 0 Å². The van der Waals surface area contributed by atoms with Gasteiger partial charge in [0, 0.05) is 0 Å². The summed E-state index contributed by atoms with van der Waals surface area (Å²) >= 11 is 0. The minimum absolute atomic E-state index is 0. The third kappa shape index (κ3) is 68.6. The van der Waals surface area contributed by atoms with Gasteiger partial charge in [-0.1, -0.05) is 0 Å². The Balaban J connectivity index is -0.0000000133. The first-order valence-electron chi connectivity index (χ1n) is 0.816. The maximum atomic E-state index is 8.58. The molecular formula is O5SiSr3. The molecular weight excluding hydrogens is 371 g/mol. The van der Waals surface area contributed by atoms with Crippen molar-refractivity contribution in [3.05, 3.63) is 0 Å². The monoisotopic (exact) mass is 372 g/mol. The SMILES string of the molecule is [O-2].[O-][Si]([O-])([O-])[O-].[Sr+2].[Sr+2].[Sr+2]. The average Bonchev–Trinajstić information content (AvgIpc) is 0.722. The van der Waals surface area contributed by atoms with Crippen LogP contribution in [0.4, 0.5) is 0 Å². The molecule has 0 fully saturated rings. The molecule has 0 saturated heterocycles. The van der Waals surface area contributed by atoms with Gasteiger partial charge in [0.05, 0.1) is 0 Å². The van der Waals surface area contributed by atoms with Crippen LogP contribution in [0, 0.1) is 0 Å². The van der Waals surface area contributed by atoms with Crippen LogP contribution in [0.3, 0.4) is 0 Å². The zero-order valence-corrected chi connectivity index (χ0v) is 16.1. The minimum atomic E-state index is -5.61. The van der Waals surface area contributed by atoms with Crippen molar-refractivity contribution in [2.75, 3.05) is 0 Å². The van der Waals surface area contributed by atoms with E-state index in [1.807, 2.05) is 0 Å². The second-order valence-corrected chi connectivity index (χ2v) is 1.50. The first-order valence-corrected chi connectivity index (χ1v) is 2.45. The zero-order chi connectivity index (χ0) is 4.50. The summed E-state index contributed by atoms with van der Waals surface area (Å²) in [5.41, 5.74) is 0. The van der Waals surface area contributed by atoms with Crippen LogP contribution in [0.2, 0.25) is 0 Å². The van der Waals surface area contributed by atoms with Gasteiger partial charge in [-0.25, -0.2) is 0 Å². The van der Waals surface area contributed by atoms with Gasteiger partial charge >= 0.3 is 136 Å². The summed E-state index contributed by atoms with van der Waals surface area (Å²) in [6.07, 6.45) is 0. The predicted molar refractivity (Wildman–Crippen MR) is 23.7 cm³/mol. The average molecular weight is 371 g/mol. The quantitative estimate of drug-likeness (QED) is 0.393. The van der Waals surface area contributed by atoms with E-state index in [1.54, 1.807) is 0 Å². The van der Waals surface area contributed by atoms with Crippen molar-refractivity contribution < 1.29 is 24.7 Å². The molecule has 0 aliphatic heterocycles. The summed E-state index contributed by atoms with van der Waals surface area (Å²) in [7, 11) is -5.61. The van der Waals surface area contributed by atoms with Gasteiger partial charge in [0.2, 0.25) is 0 Å². The first kappa shape index (κ1) is 29.2. The van der Waals surface area contributed by atoms with Crippen LogP contribution in [0.5, 0.6) is 0 Å². The molecule has 0 aromatic heterocycles. The molecule has 0 N–H and O–H groups in total. The molecule has 0 bridgehead atoms. The second-order valence-electron chi connectivity index (χ2n) is 0.500. The largest absolute Gasteiger partial charge is 2.00 e. The Labute approximate surface area is 165 Å². The second kappa shape index (κ2) is 15.0. The molecule has 0 radical (unpaired) electrons. The van der Waals surface area contributed by atoms with E-state index >= 15 is 0 Å². The maximum Gasteiger partial charge on any atom is 2.00 e. The first-order chi connectivity index (χ1) is 2.00. The molecule has 0 rings (SSSR count). The van der Waals surface area contributed by atoms with E-state index in [0.29, 0.717) is 0 Å². The molecule has 0 spiro atoms. The van der Waals surface area contributed by atoms with E-state index in [0.717, 1.165) is 0 Å². The molecule has 5 nitrogen and oxygen atoms in total. The fourth-order valence-corrected chi connectivity index (χ4v) is 0. The van der Waals surface area contributed by atoms with Crippen LogP contribution >= 0.6 is 0 Å². The van der Waals surface area contributed by atoms with E-state index in [-0.39, 0.29) is 142 Å². The van der Waals surface area contributed by atoms with E-state index in [1.165, 1.54) is 0 Å². The number of rotatable bonds is 0. The summed E-state index contributed by atoms with van der Waals surface area (Å²) in [5, 5.41) is 0. The van der Waals surface area contributed by atoms with E-state index < -0.39 is 9.05 Å². The molecule has 0 atom stereocenters. The predicted octanol–water partition coefficient (Wildman–Crippen LogP) is -6.40. The van der Waals surface area contributed by atoms with Gasteiger partial charge < -0.3 is 33.7 Å². The molecule has 9 heavy (non-hydrogen) atoms. The van der Waals surface area contributed by atoms with Gasteiger partial charge in [-0.3, -0.25) is 0 Å². The Morgan fingerprint density at radius 1 is 0.667 bits per heavy atom. The summed E-state index contributed by atoms with van der Waals surface area (Å²) in [5.74, 6) is 0. The minimum Gasteiger partial charge on any atom is -2.00 e. The fraction of sp³-hybridized carbons (Fsp3) is 0. The van der Waals surface area contributed by atoms with Gasteiger partial charge in [0.1, 0.15) is 0 Å². The van der Waals surface area contributed by atoms with Crippen molar-refractivity contribution >= 4 is 145 Å². The van der Waals surface area contributed by atoms with Gasteiger partial charge in [0.15, 0.2) is 0 Å². The van der Waals surface area contributed by atoms with Crippen LogP contribution in [-0.2, 0) is 5.48 Å². The van der Waals surface area contributed by atoms with Gasteiger partial charge in [-0.05, 0) is 0 Å². The van der Waals surface area contributed by atoms with Crippen molar-refractivity contribution in [2.24, 2.45) is 0 Å². The van der Waals surface area contributed by atoms with Gasteiger partial charge in [-0.15, -0.1) is 0 Å². The molecule has 0 amide bonds. The Morgan fingerprint density at radius 2 is 0.667 bits per heavy atom. The molecule has 0 aliphatic carbocycles. The summed E-state index contributed by atoms with van der Waals surface area (Å²) in [6.45, 7) is 0. The summed E-state index contributed by atoms with van der Waals surface area (Å²) in [4.78, 5) is 34.3. The standard InChI is InChI=1S/O4Si.O.3Sr/c1-5(2,3)4;;;;/q-4;-2;3*+2. The Kier molecular flexibility index (Phi) is 48.5. The van der Waals surface area contributed by atoms with Crippen molar-refractivity contribution in [1.29, 1.82) is 0 Å². The molecule has 0 unspecified atom stereocenters. The van der Waals surface area contributed by atoms with E-state index in [2.05, 4.69) is 0 Å². The summed E-state index contributed by atoms with van der Waals surface area (Å²) < 4.78 is 0. The van der Waals surface area contributed by atoms with Crippen molar-refractivity contribution in [1.82, 2.24) is 0 Å². The summed E-state index contributed by atoms with van der Waals surface area (Å²) in [6, 6.07) is 0. The maximum absolute atomic E-state index is 8.58. The molecule has 0 heterocycles. The molecule has 0 aliphatic rings. The third-order valence-corrected chi connectivity index (χ3v) is 0. The van der Waals surface area contributed by atoms with Crippen molar-refractivity contribution in [2.45, 2.75) is 0 Å². The van der Waals surface area contributed by atoms with Crippen LogP contribution < -0.4 is 19.2 Å². The molecule has 0 saturated carbocycles. The molecule has 40 valence electrons. The van der Waals surface area contributed by atoms with E-state index in [4.69, 9.17) is 19.2 Å². The van der Waals surface area contributed by atoms with Crippen molar-refractivity contribution in [3.63, 3.8) is 0 Å². The van der Waals surface area contributed by atoms with Crippen molar-refractivity contribution in [3.8, 4) is 0 Å². The Hall–Kier alpha value is 4.46. The fourth-order valence-electron chi connectivity index (χ4n) is 0. The van der Waals surface area contributed by atoms with Gasteiger partial charge in [0.25, 0.3) is 0 Å². The number of hydrogen-bond donors (Lipinski definition) is 0. The molecule has 0 aromatic carbocycles. The zero-order valence-electron chi connectivity index (χ0n) is 4.66. The normalized spacial score (nSPS) is 6.67. The van der Waals surface area contributed by atoms with E-state index in [9.17, 15) is 0 Å². The Bertz CT molecular complexity index is 27.7. The topological polar surface area (TPSA) is 121 Å². The van der Waals surface area contributed by atoms with Crippen LogP contribution in [-0.4, -0.2) is 145 Å². The van der Waals surface area contributed by atoms with Gasteiger partial charge in [-0.2, -0.15) is 0 Å². The number of hydrogen-bond acceptors (Lipinski definition) is 4. The molecule has 9 heteroatoms. The Morgan fingerprint density at radius 3 is 0.667 bits per heavy atom. The van der Waals surface area contributed by atoms with Crippen LogP contribution in [0.25, 0.3) is 0 Å². The molecule has 0 aromatic rings. The third-order valence-electron chi connectivity index (χ3n) is 0. The smallest absolute Gasteiger partial charge is 2.00 e.